The quantitative estimate of drug-likeness (QED) is 0.663. The number of nitriles is 1. The van der Waals surface area contributed by atoms with E-state index in [1.54, 1.807) is 0 Å². The molecule has 0 aromatic carbocycles. The smallest absolute Gasteiger partial charge is 0.0645 e. The summed E-state index contributed by atoms with van der Waals surface area (Å²) in [5.74, 6) is 0. The summed E-state index contributed by atoms with van der Waals surface area (Å²) in [5, 5.41) is 8.48. The molecule has 15 heavy (non-hydrogen) atoms. The molecule has 0 aliphatic rings. The number of ether oxygens (including phenoxy) is 1. The first-order valence-corrected chi connectivity index (χ1v) is 5.65. The molecule has 2 nitrogen and oxygen atoms in total. The third-order valence-corrected chi connectivity index (χ3v) is 2.30. The van der Waals surface area contributed by atoms with Crippen LogP contribution >= 0.6 is 0 Å². The minimum atomic E-state index is 0.142. The Bertz CT molecular complexity index is 214. The molecular weight excluding hydrogens is 186 g/mol. The Kier molecular flexibility index (Phi) is 5.31. The molecule has 1 unspecified atom stereocenters. The van der Waals surface area contributed by atoms with Gasteiger partial charge in [-0.25, -0.2) is 0 Å². The van der Waals surface area contributed by atoms with Crippen LogP contribution in [0.5, 0.6) is 0 Å². The van der Waals surface area contributed by atoms with E-state index in [-0.39, 0.29) is 16.9 Å². The zero-order valence-electron chi connectivity index (χ0n) is 11.1. The van der Waals surface area contributed by atoms with E-state index in [1.165, 1.54) is 0 Å². The van der Waals surface area contributed by atoms with Crippen LogP contribution in [0.4, 0.5) is 0 Å². The van der Waals surface area contributed by atoms with Crippen LogP contribution in [-0.4, -0.2) is 12.7 Å². The molecule has 2 heteroatoms. The van der Waals surface area contributed by atoms with Gasteiger partial charge >= 0.3 is 0 Å². The van der Waals surface area contributed by atoms with Crippen LogP contribution in [0.2, 0.25) is 0 Å². The molecule has 0 aliphatic carbocycles. The normalized spacial score (nSPS) is 14.7. The molecule has 0 heterocycles. The fourth-order valence-corrected chi connectivity index (χ4v) is 1.42. The highest BCUT2D eigenvalue weighted by Crippen LogP contribution is 2.32. The lowest BCUT2D eigenvalue weighted by Crippen LogP contribution is -2.33. The van der Waals surface area contributed by atoms with Gasteiger partial charge in [0.15, 0.2) is 0 Å². The van der Waals surface area contributed by atoms with Gasteiger partial charge in [-0.05, 0) is 17.3 Å². The van der Waals surface area contributed by atoms with Crippen molar-refractivity contribution in [3.63, 3.8) is 0 Å². The average Bonchev–Trinajstić information content (AvgIpc) is 1.99. The molecule has 0 aromatic heterocycles. The second-order valence-corrected chi connectivity index (χ2v) is 6.40. The van der Waals surface area contributed by atoms with Crippen molar-refractivity contribution in [2.75, 3.05) is 6.61 Å². The predicted octanol–water partition coefficient (Wildman–Crippen LogP) is 3.77. The Morgan fingerprint density at radius 1 is 1.13 bits per heavy atom. The summed E-state index contributed by atoms with van der Waals surface area (Å²) in [4.78, 5) is 0. The van der Waals surface area contributed by atoms with E-state index in [4.69, 9.17) is 10.00 Å². The van der Waals surface area contributed by atoms with E-state index >= 15 is 0 Å². The Morgan fingerprint density at radius 3 is 2.00 bits per heavy atom. The lowest BCUT2D eigenvalue weighted by molar-refractivity contribution is -0.0380. The maximum atomic E-state index is 8.48. The van der Waals surface area contributed by atoms with Crippen LogP contribution in [0.25, 0.3) is 0 Å². The van der Waals surface area contributed by atoms with Gasteiger partial charge in [0.25, 0.3) is 0 Å². The van der Waals surface area contributed by atoms with Gasteiger partial charge in [0.05, 0.1) is 25.2 Å². The third kappa shape index (κ3) is 7.39. The maximum Gasteiger partial charge on any atom is 0.0645 e. The van der Waals surface area contributed by atoms with Gasteiger partial charge in [0, 0.05) is 0 Å². The molecule has 0 amide bonds. The molecule has 0 rings (SSSR count). The summed E-state index contributed by atoms with van der Waals surface area (Å²) < 4.78 is 5.80. The standard InChI is InChI=1S/C13H25NO/c1-12(2,3)10-11(13(4,5)6)15-9-7-8-14/h11H,7,9-10H2,1-6H3. The molecule has 1 atom stereocenters. The van der Waals surface area contributed by atoms with Crippen molar-refractivity contribution in [3.05, 3.63) is 0 Å². The Labute approximate surface area is 94.6 Å². The lowest BCUT2D eigenvalue weighted by atomic mass is 9.78. The highest BCUT2D eigenvalue weighted by atomic mass is 16.5. The molecule has 0 N–H and O–H groups in total. The summed E-state index contributed by atoms with van der Waals surface area (Å²) in [6, 6.07) is 2.11. The molecule has 0 saturated carbocycles. The first-order chi connectivity index (χ1) is 6.67. The SMILES string of the molecule is CC(C)(C)CC(OCCC#N)C(C)(C)C. The summed E-state index contributed by atoms with van der Waals surface area (Å²) in [6.07, 6.45) is 1.74. The molecular formula is C13H25NO. The van der Waals surface area contributed by atoms with Crippen LogP contribution in [0.15, 0.2) is 0 Å². The van der Waals surface area contributed by atoms with Crippen LogP contribution in [-0.2, 0) is 4.74 Å². The van der Waals surface area contributed by atoms with Crippen LogP contribution in [0, 0.1) is 22.2 Å². The maximum absolute atomic E-state index is 8.48. The topological polar surface area (TPSA) is 33.0 Å². The van der Waals surface area contributed by atoms with Crippen molar-refractivity contribution >= 4 is 0 Å². The van der Waals surface area contributed by atoms with Crippen molar-refractivity contribution in [1.82, 2.24) is 0 Å². The van der Waals surface area contributed by atoms with Crippen molar-refractivity contribution in [2.45, 2.75) is 60.5 Å². The number of rotatable bonds is 4. The zero-order chi connectivity index (χ0) is 12.1. The zero-order valence-corrected chi connectivity index (χ0v) is 11.1. The largest absolute Gasteiger partial charge is 0.377 e. The monoisotopic (exact) mass is 211 g/mol. The average molecular weight is 211 g/mol. The summed E-state index contributed by atoms with van der Waals surface area (Å²) in [7, 11) is 0. The second-order valence-electron chi connectivity index (χ2n) is 6.40. The fraction of sp³-hybridized carbons (Fsp3) is 0.923. The minimum Gasteiger partial charge on any atom is -0.377 e. The van der Waals surface area contributed by atoms with Gasteiger partial charge in [0.1, 0.15) is 0 Å². The van der Waals surface area contributed by atoms with E-state index in [2.05, 4.69) is 47.6 Å². The van der Waals surface area contributed by atoms with Crippen LogP contribution < -0.4 is 0 Å². The molecule has 0 spiro atoms. The van der Waals surface area contributed by atoms with Gasteiger partial charge in [-0.1, -0.05) is 41.5 Å². The molecule has 0 fully saturated rings. The fourth-order valence-electron chi connectivity index (χ4n) is 1.42. The van der Waals surface area contributed by atoms with Crippen molar-refractivity contribution in [3.8, 4) is 6.07 Å². The van der Waals surface area contributed by atoms with E-state index in [9.17, 15) is 0 Å². The second kappa shape index (κ2) is 5.51. The summed E-state index contributed by atoms with van der Waals surface area (Å²) >= 11 is 0. The summed E-state index contributed by atoms with van der Waals surface area (Å²) in [5.41, 5.74) is 0.410. The molecule has 0 aromatic rings. The van der Waals surface area contributed by atoms with Crippen molar-refractivity contribution in [2.24, 2.45) is 10.8 Å². The van der Waals surface area contributed by atoms with Gasteiger partial charge in [-0.15, -0.1) is 0 Å². The van der Waals surface area contributed by atoms with Crippen molar-refractivity contribution < 1.29 is 4.74 Å². The number of hydrogen-bond acceptors (Lipinski definition) is 2. The van der Waals surface area contributed by atoms with Gasteiger partial charge in [-0.3, -0.25) is 0 Å². The van der Waals surface area contributed by atoms with E-state index in [1.807, 2.05) is 0 Å². The van der Waals surface area contributed by atoms with Gasteiger partial charge in [0.2, 0.25) is 0 Å². The lowest BCUT2D eigenvalue weighted by Gasteiger charge is -2.35. The molecule has 0 radical (unpaired) electrons. The van der Waals surface area contributed by atoms with Crippen molar-refractivity contribution in [1.29, 1.82) is 5.26 Å². The van der Waals surface area contributed by atoms with Crippen LogP contribution in [0.1, 0.15) is 54.4 Å². The molecule has 0 aliphatic heterocycles. The summed E-state index contributed by atoms with van der Waals surface area (Å²) in [6.45, 7) is 13.8. The molecule has 88 valence electrons. The minimum absolute atomic E-state index is 0.142. The van der Waals surface area contributed by atoms with E-state index < -0.39 is 0 Å². The van der Waals surface area contributed by atoms with E-state index in [0.29, 0.717) is 13.0 Å². The Morgan fingerprint density at radius 2 is 1.67 bits per heavy atom. The first kappa shape index (κ1) is 14.5. The first-order valence-electron chi connectivity index (χ1n) is 5.65. The highest BCUT2D eigenvalue weighted by molar-refractivity contribution is 4.80. The number of nitrogens with zero attached hydrogens (tertiary/aromatic N) is 1. The van der Waals surface area contributed by atoms with Gasteiger partial charge in [-0.2, -0.15) is 5.26 Å². The number of hydrogen-bond donors (Lipinski definition) is 0. The van der Waals surface area contributed by atoms with E-state index in [0.717, 1.165) is 6.42 Å². The Balaban J connectivity index is 4.28. The van der Waals surface area contributed by atoms with Crippen LogP contribution in [0.3, 0.4) is 0 Å². The highest BCUT2D eigenvalue weighted by Gasteiger charge is 2.29. The third-order valence-electron chi connectivity index (χ3n) is 2.30. The van der Waals surface area contributed by atoms with Gasteiger partial charge < -0.3 is 4.74 Å². The molecule has 0 bridgehead atoms. The Hall–Kier alpha value is -0.550. The molecule has 0 saturated heterocycles. The predicted molar refractivity (Wildman–Crippen MR) is 63.5 cm³/mol.